The third-order valence-corrected chi connectivity index (χ3v) is 2.78. The maximum Gasteiger partial charge on any atom is 0.224 e. The number of benzene rings is 1. The summed E-state index contributed by atoms with van der Waals surface area (Å²) in [5.74, 6) is -0.546. The molecular formula is C13H8ClFN4. The van der Waals surface area contributed by atoms with Crippen LogP contribution in [0.2, 0.25) is 5.28 Å². The fourth-order valence-electron chi connectivity index (χ4n) is 1.77. The van der Waals surface area contributed by atoms with Crippen molar-refractivity contribution in [1.82, 2.24) is 15.0 Å². The van der Waals surface area contributed by atoms with Gasteiger partial charge in [-0.25, -0.2) is 9.37 Å². The van der Waals surface area contributed by atoms with Crippen LogP contribution in [-0.4, -0.2) is 15.0 Å². The Kier molecular flexibility index (Phi) is 2.97. The highest BCUT2D eigenvalue weighted by Gasteiger charge is 2.08. The lowest BCUT2D eigenvalue weighted by Crippen LogP contribution is -1.99. The van der Waals surface area contributed by atoms with Gasteiger partial charge in [0.2, 0.25) is 5.28 Å². The van der Waals surface area contributed by atoms with Crippen LogP contribution in [0.5, 0.6) is 0 Å². The summed E-state index contributed by atoms with van der Waals surface area (Å²) in [5.41, 5.74) is 1.39. The molecule has 0 aliphatic rings. The zero-order chi connectivity index (χ0) is 13.2. The Bertz CT molecular complexity index is 742. The van der Waals surface area contributed by atoms with E-state index in [1.165, 1.54) is 0 Å². The largest absolute Gasteiger partial charge is 0.336 e. The molecule has 1 N–H and O–H groups in total. The quantitative estimate of drug-likeness (QED) is 0.726. The summed E-state index contributed by atoms with van der Waals surface area (Å²) in [5, 5.41) is 3.82. The minimum atomic E-state index is -0.572. The minimum Gasteiger partial charge on any atom is -0.336 e. The van der Waals surface area contributed by atoms with E-state index in [1.54, 1.807) is 12.3 Å². The van der Waals surface area contributed by atoms with Crippen molar-refractivity contribution in [1.29, 1.82) is 0 Å². The standard InChI is InChI=1S/C13H8ClFN4/c14-13-17-7-9(15)12(19-13)18-10-5-1-3-8-4-2-6-16-11(8)10/h1-7H,(H,17,18,19). The van der Waals surface area contributed by atoms with Crippen molar-refractivity contribution in [3.63, 3.8) is 0 Å². The van der Waals surface area contributed by atoms with E-state index in [9.17, 15) is 4.39 Å². The van der Waals surface area contributed by atoms with Crippen molar-refractivity contribution >= 4 is 34.0 Å². The summed E-state index contributed by atoms with van der Waals surface area (Å²) in [4.78, 5) is 11.7. The number of pyridine rings is 1. The van der Waals surface area contributed by atoms with Crippen LogP contribution < -0.4 is 5.32 Å². The van der Waals surface area contributed by atoms with Crippen molar-refractivity contribution in [3.05, 3.63) is 53.8 Å². The van der Waals surface area contributed by atoms with Gasteiger partial charge in [0.05, 0.1) is 17.4 Å². The molecule has 94 valence electrons. The van der Waals surface area contributed by atoms with E-state index in [-0.39, 0.29) is 11.1 Å². The Hall–Kier alpha value is -2.27. The second-order valence-electron chi connectivity index (χ2n) is 3.84. The molecule has 0 saturated heterocycles. The van der Waals surface area contributed by atoms with Gasteiger partial charge >= 0.3 is 0 Å². The fraction of sp³-hybridized carbons (Fsp3) is 0. The predicted molar refractivity (Wildman–Crippen MR) is 72.0 cm³/mol. The lowest BCUT2D eigenvalue weighted by atomic mass is 10.2. The van der Waals surface area contributed by atoms with Gasteiger partial charge in [0.15, 0.2) is 11.6 Å². The first-order valence-electron chi connectivity index (χ1n) is 5.53. The molecule has 4 nitrogen and oxygen atoms in total. The lowest BCUT2D eigenvalue weighted by molar-refractivity contribution is 0.619. The number of hydrogen-bond acceptors (Lipinski definition) is 4. The summed E-state index contributed by atoms with van der Waals surface area (Å²) in [7, 11) is 0. The van der Waals surface area contributed by atoms with Crippen molar-refractivity contribution in [2.45, 2.75) is 0 Å². The molecule has 0 amide bonds. The Morgan fingerprint density at radius 1 is 1.11 bits per heavy atom. The lowest BCUT2D eigenvalue weighted by Gasteiger charge is -2.08. The number of halogens is 2. The van der Waals surface area contributed by atoms with Gasteiger partial charge in [0, 0.05) is 11.6 Å². The number of anilines is 2. The van der Waals surface area contributed by atoms with Crippen LogP contribution in [0.3, 0.4) is 0 Å². The van der Waals surface area contributed by atoms with E-state index in [1.807, 2.05) is 24.3 Å². The third kappa shape index (κ3) is 2.32. The van der Waals surface area contributed by atoms with Crippen LogP contribution in [0, 0.1) is 5.82 Å². The van der Waals surface area contributed by atoms with E-state index < -0.39 is 5.82 Å². The molecule has 3 aromatic rings. The maximum absolute atomic E-state index is 13.6. The Balaban J connectivity index is 2.08. The molecule has 0 unspecified atom stereocenters. The van der Waals surface area contributed by atoms with E-state index in [0.29, 0.717) is 5.69 Å². The minimum absolute atomic E-state index is 0.0166. The number of hydrogen-bond donors (Lipinski definition) is 1. The summed E-state index contributed by atoms with van der Waals surface area (Å²) in [6, 6.07) is 9.35. The molecule has 0 spiro atoms. The van der Waals surface area contributed by atoms with Gasteiger partial charge in [0.25, 0.3) is 0 Å². The molecule has 1 aromatic carbocycles. The SMILES string of the molecule is Fc1cnc(Cl)nc1Nc1cccc2cccnc12. The summed E-state index contributed by atoms with van der Waals surface area (Å²) >= 11 is 5.66. The first-order valence-corrected chi connectivity index (χ1v) is 5.90. The number of para-hydroxylation sites is 1. The molecule has 19 heavy (non-hydrogen) atoms. The second-order valence-corrected chi connectivity index (χ2v) is 4.18. The van der Waals surface area contributed by atoms with Crippen LogP contribution in [0.4, 0.5) is 15.9 Å². The van der Waals surface area contributed by atoms with E-state index in [2.05, 4.69) is 20.3 Å². The first-order chi connectivity index (χ1) is 9.24. The van der Waals surface area contributed by atoms with Crippen molar-refractivity contribution in [2.75, 3.05) is 5.32 Å². The maximum atomic E-state index is 13.6. The van der Waals surface area contributed by atoms with Gasteiger partial charge in [-0.3, -0.25) is 4.98 Å². The summed E-state index contributed by atoms with van der Waals surface area (Å²) in [6.07, 6.45) is 2.70. The average molecular weight is 275 g/mol. The highest BCUT2D eigenvalue weighted by Crippen LogP contribution is 2.25. The third-order valence-electron chi connectivity index (χ3n) is 2.60. The number of nitrogens with zero attached hydrogens (tertiary/aromatic N) is 3. The van der Waals surface area contributed by atoms with Crippen LogP contribution in [0.1, 0.15) is 0 Å². The normalized spacial score (nSPS) is 10.6. The van der Waals surface area contributed by atoms with Gasteiger partial charge in [-0.2, -0.15) is 4.98 Å². The Labute approximate surface area is 113 Å². The van der Waals surface area contributed by atoms with Gasteiger partial charge in [0.1, 0.15) is 0 Å². The highest BCUT2D eigenvalue weighted by atomic mass is 35.5. The molecular weight excluding hydrogens is 267 g/mol. The van der Waals surface area contributed by atoms with Crippen LogP contribution in [0.15, 0.2) is 42.7 Å². The molecule has 2 aromatic heterocycles. The number of fused-ring (bicyclic) bond motifs is 1. The zero-order valence-corrected chi connectivity index (χ0v) is 10.4. The summed E-state index contributed by atoms with van der Waals surface area (Å²) < 4.78 is 13.6. The molecule has 0 bridgehead atoms. The summed E-state index contributed by atoms with van der Waals surface area (Å²) in [6.45, 7) is 0. The molecule has 0 radical (unpaired) electrons. The number of rotatable bonds is 2. The molecule has 3 rings (SSSR count). The molecule has 0 atom stereocenters. The Morgan fingerprint density at radius 2 is 1.95 bits per heavy atom. The van der Waals surface area contributed by atoms with Gasteiger partial charge in [-0.1, -0.05) is 18.2 Å². The second kappa shape index (κ2) is 4.78. The fourth-order valence-corrected chi connectivity index (χ4v) is 1.90. The van der Waals surface area contributed by atoms with Crippen LogP contribution in [0.25, 0.3) is 10.9 Å². The average Bonchev–Trinajstić information content (AvgIpc) is 2.43. The topological polar surface area (TPSA) is 50.7 Å². The molecule has 6 heteroatoms. The highest BCUT2D eigenvalue weighted by molar-refractivity contribution is 6.28. The number of aromatic nitrogens is 3. The number of nitrogens with one attached hydrogen (secondary N) is 1. The molecule has 0 aliphatic carbocycles. The van der Waals surface area contributed by atoms with Crippen molar-refractivity contribution < 1.29 is 4.39 Å². The Morgan fingerprint density at radius 3 is 2.84 bits per heavy atom. The van der Waals surface area contributed by atoms with E-state index in [4.69, 9.17) is 11.6 Å². The molecule has 0 saturated carbocycles. The molecule has 0 aliphatic heterocycles. The van der Waals surface area contributed by atoms with Gasteiger partial charge < -0.3 is 5.32 Å². The predicted octanol–water partition coefficient (Wildman–Crippen LogP) is 3.56. The molecule has 2 heterocycles. The first kappa shape index (κ1) is 11.8. The monoisotopic (exact) mass is 274 g/mol. The van der Waals surface area contributed by atoms with E-state index in [0.717, 1.165) is 17.1 Å². The molecule has 0 fully saturated rings. The van der Waals surface area contributed by atoms with Crippen LogP contribution >= 0.6 is 11.6 Å². The smallest absolute Gasteiger partial charge is 0.224 e. The van der Waals surface area contributed by atoms with Crippen molar-refractivity contribution in [2.24, 2.45) is 0 Å². The van der Waals surface area contributed by atoms with Crippen LogP contribution in [-0.2, 0) is 0 Å². The zero-order valence-electron chi connectivity index (χ0n) is 9.64. The van der Waals surface area contributed by atoms with Gasteiger partial charge in [-0.05, 0) is 23.7 Å². The van der Waals surface area contributed by atoms with E-state index >= 15 is 0 Å². The van der Waals surface area contributed by atoms with Crippen molar-refractivity contribution in [3.8, 4) is 0 Å². The van der Waals surface area contributed by atoms with Gasteiger partial charge in [-0.15, -0.1) is 0 Å².